The molecule has 2 aromatic rings. The molecule has 0 N–H and O–H groups in total. The fourth-order valence-electron chi connectivity index (χ4n) is 2.21. The first kappa shape index (κ1) is 13.5. The van der Waals surface area contributed by atoms with Crippen LogP contribution in [0.5, 0.6) is 0 Å². The number of ether oxygens (including phenoxy) is 1. The molecule has 0 saturated heterocycles. The molecule has 0 bridgehead atoms. The van der Waals surface area contributed by atoms with E-state index in [0.29, 0.717) is 12.2 Å². The molecule has 0 fully saturated rings. The molecule has 4 heteroatoms. The minimum Gasteiger partial charge on any atom is -0.383 e. The van der Waals surface area contributed by atoms with Crippen LogP contribution in [0, 0.1) is 13.8 Å². The summed E-state index contributed by atoms with van der Waals surface area (Å²) < 4.78 is 7.20. The van der Waals surface area contributed by atoms with Crippen molar-refractivity contribution in [2.24, 2.45) is 0 Å². The number of aromatic nitrogens is 2. The molecule has 0 aliphatic heterocycles. The lowest BCUT2D eigenvalue weighted by molar-refractivity contribution is 0.103. The van der Waals surface area contributed by atoms with Crippen LogP contribution in [0.25, 0.3) is 0 Å². The van der Waals surface area contributed by atoms with Crippen LogP contribution in [0.15, 0.2) is 30.6 Å². The molecule has 100 valence electrons. The molecule has 0 unspecified atom stereocenters. The highest BCUT2D eigenvalue weighted by Crippen LogP contribution is 2.18. The first-order valence-electron chi connectivity index (χ1n) is 6.25. The van der Waals surface area contributed by atoms with Crippen LogP contribution in [-0.2, 0) is 11.3 Å². The summed E-state index contributed by atoms with van der Waals surface area (Å²) in [7, 11) is 1.68. The van der Waals surface area contributed by atoms with Crippen molar-refractivity contribution >= 4 is 5.78 Å². The van der Waals surface area contributed by atoms with Gasteiger partial charge >= 0.3 is 0 Å². The maximum Gasteiger partial charge on any atom is 0.196 e. The van der Waals surface area contributed by atoms with E-state index in [-0.39, 0.29) is 5.78 Å². The Balaban J connectivity index is 2.33. The molecule has 0 amide bonds. The average molecular weight is 258 g/mol. The fourth-order valence-corrected chi connectivity index (χ4v) is 2.21. The molecular formula is C15H18N2O2. The molecule has 2 heterocycles. The van der Waals surface area contributed by atoms with Crippen molar-refractivity contribution in [3.8, 4) is 0 Å². The van der Waals surface area contributed by atoms with Gasteiger partial charge in [-0.1, -0.05) is 0 Å². The third-order valence-electron chi connectivity index (χ3n) is 3.26. The molecule has 19 heavy (non-hydrogen) atoms. The number of hydrogen-bond acceptors (Lipinski definition) is 3. The van der Waals surface area contributed by atoms with Gasteiger partial charge in [-0.3, -0.25) is 9.78 Å². The van der Waals surface area contributed by atoms with Crippen LogP contribution in [0.4, 0.5) is 0 Å². The number of nitrogens with zero attached hydrogens (tertiary/aromatic N) is 2. The van der Waals surface area contributed by atoms with E-state index in [1.54, 1.807) is 31.6 Å². The highest BCUT2D eigenvalue weighted by Gasteiger charge is 2.16. The second kappa shape index (κ2) is 5.80. The van der Waals surface area contributed by atoms with Crippen molar-refractivity contribution in [3.63, 3.8) is 0 Å². The summed E-state index contributed by atoms with van der Waals surface area (Å²) >= 11 is 0. The molecule has 0 aliphatic rings. The molecule has 0 radical (unpaired) electrons. The normalized spacial score (nSPS) is 10.7. The molecular weight excluding hydrogens is 240 g/mol. The Bertz CT molecular complexity index is 573. The maximum absolute atomic E-state index is 12.4. The number of pyridine rings is 1. The van der Waals surface area contributed by atoms with Crippen molar-refractivity contribution < 1.29 is 9.53 Å². The van der Waals surface area contributed by atoms with E-state index in [1.165, 1.54) is 0 Å². The number of ketones is 1. The third kappa shape index (κ3) is 2.74. The lowest BCUT2D eigenvalue weighted by Crippen LogP contribution is -2.09. The zero-order valence-corrected chi connectivity index (χ0v) is 11.5. The predicted molar refractivity (Wildman–Crippen MR) is 73.5 cm³/mol. The Kier molecular flexibility index (Phi) is 4.12. The average Bonchev–Trinajstić information content (AvgIpc) is 2.72. The molecule has 2 rings (SSSR count). The number of methoxy groups -OCH3 is 1. The second-order valence-electron chi connectivity index (χ2n) is 4.50. The van der Waals surface area contributed by atoms with Crippen LogP contribution in [0.1, 0.15) is 27.3 Å². The smallest absolute Gasteiger partial charge is 0.196 e. The zero-order valence-electron chi connectivity index (χ0n) is 11.5. The van der Waals surface area contributed by atoms with E-state index < -0.39 is 0 Å². The summed E-state index contributed by atoms with van der Waals surface area (Å²) in [6, 6.07) is 5.49. The van der Waals surface area contributed by atoms with Crippen molar-refractivity contribution in [1.82, 2.24) is 9.55 Å². The van der Waals surface area contributed by atoms with Gasteiger partial charge in [-0.05, 0) is 32.0 Å². The number of carbonyl (C=O) groups excluding carboxylic acids is 1. The molecule has 2 aromatic heterocycles. The largest absolute Gasteiger partial charge is 0.383 e. The van der Waals surface area contributed by atoms with Crippen LogP contribution in [0.3, 0.4) is 0 Å². The van der Waals surface area contributed by atoms with E-state index >= 15 is 0 Å². The minimum absolute atomic E-state index is 0.0184. The van der Waals surface area contributed by atoms with Crippen LogP contribution in [0.2, 0.25) is 0 Å². The van der Waals surface area contributed by atoms with Gasteiger partial charge in [0.05, 0.1) is 6.61 Å². The quantitative estimate of drug-likeness (QED) is 0.773. The molecule has 0 aliphatic carbocycles. The monoisotopic (exact) mass is 258 g/mol. The van der Waals surface area contributed by atoms with Crippen molar-refractivity contribution in [1.29, 1.82) is 0 Å². The number of hydrogen-bond donors (Lipinski definition) is 0. The highest BCUT2D eigenvalue weighted by atomic mass is 16.5. The summed E-state index contributed by atoms with van der Waals surface area (Å²) in [5.74, 6) is 0.0184. The fraction of sp³-hybridized carbons (Fsp3) is 0.333. The van der Waals surface area contributed by atoms with Gasteiger partial charge in [0, 0.05) is 48.6 Å². The summed E-state index contributed by atoms with van der Waals surface area (Å²) in [4.78, 5) is 16.4. The Morgan fingerprint density at radius 1 is 1.42 bits per heavy atom. The highest BCUT2D eigenvalue weighted by molar-refractivity contribution is 6.09. The summed E-state index contributed by atoms with van der Waals surface area (Å²) in [5.41, 5.74) is 3.40. The Morgan fingerprint density at radius 3 is 2.84 bits per heavy atom. The van der Waals surface area contributed by atoms with E-state index in [9.17, 15) is 4.79 Å². The van der Waals surface area contributed by atoms with Gasteiger partial charge in [-0.25, -0.2) is 0 Å². The van der Waals surface area contributed by atoms with Crippen molar-refractivity contribution in [2.75, 3.05) is 13.7 Å². The van der Waals surface area contributed by atoms with E-state index in [1.807, 2.05) is 19.9 Å². The number of aryl methyl sites for hydroxylation is 1. The third-order valence-corrected chi connectivity index (χ3v) is 3.26. The first-order chi connectivity index (χ1) is 9.15. The number of rotatable bonds is 5. The van der Waals surface area contributed by atoms with Crippen molar-refractivity contribution in [2.45, 2.75) is 20.4 Å². The Labute approximate surface area is 113 Å². The lowest BCUT2D eigenvalue weighted by Gasteiger charge is -2.08. The molecule has 0 aromatic carbocycles. The number of carbonyl (C=O) groups is 1. The standard InChI is InChI=1S/C15H18N2O2/c1-11-9-14(12(2)17(11)7-8-19-3)15(18)13-5-4-6-16-10-13/h4-6,9-10H,7-8H2,1-3H3. The second-order valence-corrected chi connectivity index (χ2v) is 4.50. The van der Waals surface area contributed by atoms with Crippen LogP contribution >= 0.6 is 0 Å². The van der Waals surface area contributed by atoms with Gasteiger partial charge in [0.15, 0.2) is 5.78 Å². The molecule has 0 atom stereocenters. The summed E-state index contributed by atoms with van der Waals surface area (Å²) in [6.45, 7) is 5.36. The Hall–Kier alpha value is -1.94. The topological polar surface area (TPSA) is 44.1 Å². The molecule has 4 nitrogen and oxygen atoms in total. The van der Waals surface area contributed by atoms with Gasteiger partial charge in [0.2, 0.25) is 0 Å². The first-order valence-corrected chi connectivity index (χ1v) is 6.25. The van der Waals surface area contributed by atoms with E-state index in [4.69, 9.17) is 4.74 Å². The van der Waals surface area contributed by atoms with Crippen molar-refractivity contribution in [3.05, 3.63) is 53.1 Å². The lowest BCUT2D eigenvalue weighted by atomic mass is 10.1. The minimum atomic E-state index is 0.0184. The Morgan fingerprint density at radius 2 is 2.21 bits per heavy atom. The van der Waals surface area contributed by atoms with Gasteiger partial charge in [-0.2, -0.15) is 0 Å². The van der Waals surface area contributed by atoms with Gasteiger partial charge in [0.25, 0.3) is 0 Å². The summed E-state index contributed by atoms with van der Waals surface area (Å²) in [6.07, 6.45) is 3.27. The van der Waals surface area contributed by atoms with Gasteiger partial charge in [-0.15, -0.1) is 0 Å². The molecule has 0 spiro atoms. The summed E-state index contributed by atoms with van der Waals surface area (Å²) in [5, 5.41) is 0. The van der Waals surface area contributed by atoms with E-state index in [0.717, 1.165) is 23.5 Å². The van der Waals surface area contributed by atoms with Gasteiger partial charge in [0.1, 0.15) is 0 Å². The van der Waals surface area contributed by atoms with Crippen LogP contribution < -0.4 is 0 Å². The molecule has 0 saturated carbocycles. The van der Waals surface area contributed by atoms with Gasteiger partial charge < -0.3 is 9.30 Å². The maximum atomic E-state index is 12.4. The van der Waals surface area contributed by atoms with E-state index in [2.05, 4.69) is 9.55 Å². The van der Waals surface area contributed by atoms with Crippen LogP contribution in [-0.4, -0.2) is 29.1 Å². The SMILES string of the molecule is COCCn1c(C)cc(C(=O)c2cccnc2)c1C. The zero-order chi connectivity index (χ0) is 13.8. The predicted octanol–water partition coefficient (Wildman–Crippen LogP) is 2.38.